The van der Waals surface area contributed by atoms with Crippen molar-refractivity contribution in [1.29, 1.82) is 5.26 Å². The summed E-state index contributed by atoms with van der Waals surface area (Å²) in [4.78, 5) is 11.6. The number of carboxylic acid groups (broad SMARTS) is 1. The van der Waals surface area contributed by atoms with Crippen LogP contribution in [0.3, 0.4) is 0 Å². The van der Waals surface area contributed by atoms with E-state index in [1.807, 2.05) is 30.3 Å². The maximum absolute atomic E-state index is 11.6. The summed E-state index contributed by atoms with van der Waals surface area (Å²) in [5.41, 5.74) is 5.12. The van der Waals surface area contributed by atoms with Gasteiger partial charge in [-0.15, -0.1) is 0 Å². The van der Waals surface area contributed by atoms with Gasteiger partial charge in [0, 0.05) is 18.8 Å². The smallest absolute Gasteiger partial charge is 0.353 e. The summed E-state index contributed by atoms with van der Waals surface area (Å²) in [6.45, 7) is 4.32. The Labute approximate surface area is 153 Å². The number of benzene rings is 2. The number of nitrogens with zero attached hydrogens (tertiary/aromatic N) is 2. The molecule has 0 aliphatic rings. The van der Waals surface area contributed by atoms with Gasteiger partial charge in [-0.25, -0.2) is 4.79 Å². The number of nitriles is 1. The second-order valence-electron chi connectivity index (χ2n) is 6.65. The van der Waals surface area contributed by atoms with Crippen LogP contribution in [0.2, 0.25) is 0 Å². The molecule has 0 fully saturated rings. The Balaban J connectivity index is 2.06. The molecule has 0 atom stereocenters. The lowest BCUT2D eigenvalue weighted by Gasteiger charge is -2.09. The van der Waals surface area contributed by atoms with E-state index in [-0.39, 0.29) is 5.69 Å². The first-order chi connectivity index (χ1) is 12.4. The molecule has 2 aromatic carbocycles. The van der Waals surface area contributed by atoms with E-state index in [4.69, 9.17) is 0 Å². The maximum Gasteiger partial charge on any atom is 0.353 e. The van der Waals surface area contributed by atoms with Crippen LogP contribution in [-0.4, -0.2) is 15.6 Å². The monoisotopic (exact) mass is 344 g/mol. The Morgan fingerprint density at radius 2 is 1.73 bits per heavy atom. The molecule has 1 heterocycles. The molecule has 26 heavy (non-hydrogen) atoms. The molecule has 1 aromatic heterocycles. The first-order valence-electron chi connectivity index (χ1n) is 8.46. The number of aromatic nitrogens is 1. The second-order valence-corrected chi connectivity index (χ2v) is 6.65. The number of hydrogen-bond donors (Lipinski definition) is 1. The van der Waals surface area contributed by atoms with Crippen LogP contribution >= 0.6 is 0 Å². The van der Waals surface area contributed by atoms with Gasteiger partial charge >= 0.3 is 5.97 Å². The number of aryl methyl sites for hydroxylation is 1. The van der Waals surface area contributed by atoms with Crippen LogP contribution in [0.5, 0.6) is 0 Å². The first-order valence-corrected chi connectivity index (χ1v) is 8.46. The zero-order valence-electron chi connectivity index (χ0n) is 15.0. The van der Waals surface area contributed by atoms with Gasteiger partial charge in [-0.3, -0.25) is 0 Å². The number of carbonyl (C=O) groups is 1. The number of hydrogen-bond acceptors (Lipinski definition) is 2. The molecule has 0 bridgehead atoms. The lowest BCUT2D eigenvalue weighted by molar-refractivity contribution is 0.0687. The van der Waals surface area contributed by atoms with Crippen molar-refractivity contribution in [3.8, 4) is 28.3 Å². The predicted octanol–water partition coefficient (Wildman–Crippen LogP) is 5.05. The molecular formula is C22H20N2O2. The standard InChI is InChI=1S/C22H20N2O2/c1-14(2)17-5-4-6-18(11-17)15-7-9-16(10-8-15)20-19(12-23)13-24(3)21(20)22(25)26/h4-11,13-14H,1-3H3,(H,25,26). The minimum absolute atomic E-state index is 0.121. The van der Waals surface area contributed by atoms with Crippen molar-refractivity contribution in [2.75, 3.05) is 0 Å². The lowest BCUT2D eigenvalue weighted by Crippen LogP contribution is -2.05. The summed E-state index contributed by atoms with van der Waals surface area (Å²) in [5.74, 6) is -0.590. The highest BCUT2D eigenvalue weighted by Gasteiger charge is 2.21. The normalized spacial score (nSPS) is 10.7. The summed E-state index contributed by atoms with van der Waals surface area (Å²) < 4.78 is 1.48. The van der Waals surface area contributed by atoms with Crippen LogP contribution in [0, 0.1) is 11.3 Å². The van der Waals surface area contributed by atoms with E-state index in [1.54, 1.807) is 13.2 Å². The fourth-order valence-electron chi connectivity index (χ4n) is 3.17. The molecular weight excluding hydrogens is 324 g/mol. The van der Waals surface area contributed by atoms with Gasteiger partial charge in [-0.1, -0.05) is 62.4 Å². The summed E-state index contributed by atoms with van der Waals surface area (Å²) >= 11 is 0. The van der Waals surface area contributed by atoms with Crippen molar-refractivity contribution < 1.29 is 9.90 Å². The molecule has 0 amide bonds. The summed E-state index contributed by atoms with van der Waals surface area (Å²) in [5, 5.41) is 18.9. The van der Waals surface area contributed by atoms with E-state index in [2.05, 4.69) is 38.1 Å². The average Bonchev–Trinajstić information content (AvgIpc) is 2.98. The lowest BCUT2D eigenvalue weighted by atomic mass is 9.95. The highest BCUT2D eigenvalue weighted by molar-refractivity contribution is 5.96. The third-order valence-electron chi connectivity index (χ3n) is 4.56. The van der Waals surface area contributed by atoms with Crippen molar-refractivity contribution >= 4 is 5.97 Å². The molecule has 4 nitrogen and oxygen atoms in total. The van der Waals surface area contributed by atoms with Crippen LogP contribution in [-0.2, 0) is 7.05 Å². The third-order valence-corrected chi connectivity index (χ3v) is 4.56. The van der Waals surface area contributed by atoms with Crippen molar-refractivity contribution in [3.05, 3.63) is 71.5 Å². The average molecular weight is 344 g/mol. The van der Waals surface area contributed by atoms with Crippen LogP contribution in [0.15, 0.2) is 54.7 Å². The second kappa shape index (κ2) is 6.89. The molecule has 1 N–H and O–H groups in total. The van der Waals surface area contributed by atoms with Crippen LogP contribution < -0.4 is 0 Å². The maximum atomic E-state index is 11.6. The summed E-state index contributed by atoms with van der Waals surface area (Å²) in [6, 6.07) is 18.2. The molecule has 0 aliphatic heterocycles. The highest BCUT2D eigenvalue weighted by Crippen LogP contribution is 2.31. The van der Waals surface area contributed by atoms with Crippen LogP contribution in [0.4, 0.5) is 0 Å². The van der Waals surface area contributed by atoms with E-state index in [1.165, 1.54) is 10.1 Å². The van der Waals surface area contributed by atoms with Crippen molar-refractivity contribution in [3.63, 3.8) is 0 Å². The van der Waals surface area contributed by atoms with Gasteiger partial charge in [0.15, 0.2) is 0 Å². The predicted molar refractivity (Wildman–Crippen MR) is 102 cm³/mol. The van der Waals surface area contributed by atoms with E-state index in [0.29, 0.717) is 17.0 Å². The molecule has 130 valence electrons. The van der Waals surface area contributed by atoms with E-state index in [0.717, 1.165) is 16.7 Å². The van der Waals surface area contributed by atoms with Gasteiger partial charge in [-0.05, 0) is 28.2 Å². The van der Waals surface area contributed by atoms with Crippen LogP contribution in [0.25, 0.3) is 22.3 Å². The zero-order chi connectivity index (χ0) is 18.8. The molecule has 3 aromatic rings. The van der Waals surface area contributed by atoms with Gasteiger partial charge in [-0.2, -0.15) is 5.26 Å². The Hall–Kier alpha value is -3.32. The molecule has 0 aliphatic carbocycles. The minimum Gasteiger partial charge on any atom is -0.477 e. The number of aromatic carboxylic acids is 1. The van der Waals surface area contributed by atoms with Crippen LogP contribution in [0.1, 0.15) is 41.4 Å². The SMILES string of the molecule is CC(C)c1cccc(-c2ccc(-c3c(C#N)cn(C)c3C(=O)O)cc2)c1. The molecule has 4 heteroatoms. The summed E-state index contributed by atoms with van der Waals surface area (Å²) in [6.07, 6.45) is 1.55. The Bertz CT molecular complexity index is 1010. The third kappa shape index (κ3) is 3.12. The van der Waals surface area contributed by atoms with Gasteiger partial charge in [0.05, 0.1) is 5.56 Å². The Morgan fingerprint density at radius 1 is 1.08 bits per heavy atom. The largest absolute Gasteiger partial charge is 0.477 e. The fraction of sp³-hybridized carbons (Fsp3) is 0.182. The van der Waals surface area contributed by atoms with Crippen molar-refractivity contribution in [1.82, 2.24) is 4.57 Å². The van der Waals surface area contributed by atoms with E-state index >= 15 is 0 Å². The van der Waals surface area contributed by atoms with E-state index in [9.17, 15) is 15.2 Å². The fourth-order valence-corrected chi connectivity index (χ4v) is 3.17. The molecule has 0 spiro atoms. The van der Waals surface area contributed by atoms with Gasteiger partial charge in [0.2, 0.25) is 0 Å². The number of carboxylic acids is 1. The van der Waals surface area contributed by atoms with Crippen molar-refractivity contribution in [2.45, 2.75) is 19.8 Å². The Kier molecular flexibility index (Phi) is 4.64. The molecule has 0 radical (unpaired) electrons. The molecule has 0 saturated heterocycles. The van der Waals surface area contributed by atoms with Crippen molar-refractivity contribution in [2.24, 2.45) is 7.05 Å². The molecule has 0 saturated carbocycles. The molecule has 3 rings (SSSR count). The quantitative estimate of drug-likeness (QED) is 0.720. The Morgan fingerprint density at radius 3 is 2.31 bits per heavy atom. The molecule has 0 unspecified atom stereocenters. The van der Waals surface area contributed by atoms with Gasteiger partial charge in [0.25, 0.3) is 0 Å². The topological polar surface area (TPSA) is 66.0 Å². The highest BCUT2D eigenvalue weighted by atomic mass is 16.4. The number of rotatable bonds is 4. The van der Waals surface area contributed by atoms with Gasteiger partial charge < -0.3 is 9.67 Å². The van der Waals surface area contributed by atoms with Gasteiger partial charge in [0.1, 0.15) is 11.8 Å². The first kappa shape index (κ1) is 17.5. The van der Waals surface area contributed by atoms with E-state index < -0.39 is 5.97 Å². The minimum atomic E-state index is -1.04. The zero-order valence-corrected chi connectivity index (χ0v) is 15.0. The summed E-state index contributed by atoms with van der Waals surface area (Å²) in [7, 11) is 1.64.